The smallest absolute Gasteiger partial charge is 0.168 e. The van der Waals surface area contributed by atoms with Crippen molar-refractivity contribution in [2.75, 3.05) is 5.32 Å². The van der Waals surface area contributed by atoms with Crippen LogP contribution in [0.1, 0.15) is 5.56 Å². The summed E-state index contributed by atoms with van der Waals surface area (Å²) >= 11 is 10.6. The van der Waals surface area contributed by atoms with E-state index in [1.54, 1.807) is 12.1 Å². The molecular formula is C14H13ClN2OS. The van der Waals surface area contributed by atoms with E-state index in [9.17, 15) is 0 Å². The Hall–Kier alpha value is -1.78. The van der Waals surface area contributed by atoms with E-state index in [0.29, 0.717) is 11.6 Å². The molecule has 0 atom stereocenters. The lowest BCUT2D eigenvalue weighted by Crippen LogP contribution is -2.18. The van der Waals surface area contributed by atoms with E-state index < -0.39 is 0 Å². The molecule has 2 aromatic carbocycles. The number of nitrogens with one attached hydrogen (secondary N) is 1. The Labute approximate surface area is 122 Å². The first-order valence-electron chi connectivity index (χ1n) is 5.67. The minimum Gasteiger partial charge on any atom is -0.489 e. The maximum Gasteiger partial charge on any atom is 0.168 e. The normalized spacial score (nSPS) is 9.95. The van der Waals surface area contributed by atoms with Crippen molar-refractivity contribution in [3.8, 4) is 5.75 Å². The lowest BCUT2D eigenvalue weighted by Gasteiger charge is -2.08. The fourth-order valence-electron chi connectivity index (χ4n) is 1.58. The van der Waals surface area contributed by atoms with E-state index in [1.165, 1.54) is 0 Å². The molecule has 0 aliphatic carbocycles. The highest BCUT2D eigenvalue weighted by Crippen LogP contribution is 2.18. The maximum absolute atomic E-state index is 5.81. The Morgan fingerprint density at radius 3 is 2.63 bits per heavy atom. The average molecular weight is 293 g/mol. The lowest BCUT2D eigenvalue weighted by molar-refractivity contribution is 0.306. The third-order valence-electron chi connectivity index (χ3n) is 2.41. The summed E-state index contributed by atoms with van der Waals surface area (Å²) in [4.78, 5) is 0. The van der Waals surface area contributed by atoms with Gasteiger partial charge in [0.15, 0.2) is 5.11 Å². The molecule has 19 heavy (non-hydrogen) atoms. The first-order valence-corrected chi connectivity index (χ1v) is 6.46. The SMILES string of the molecule is NC(=S)Nc1cccc(COc2ccc(Cl)cc2)c1. The van der Waals surface area contributed by atoms with Gasteiger partial charge in [-0.3, -0.25) is 0 Å². The molecule has 0 aliphatic rings. The first kappa shape index (κ1) is 13.6. The number of hydrogen-bond donors (Lipinski definition) is 2. The van der Waals surface area contributed by atoms with Gasteiger partial charge in [-0.05, 0) is 54.2 Å². The van der Waals surface area contributed by atoms with Crippen molar-refractivity contribution in [1.29, 1.82) is 0 Å². The zero-order valence-corrected chi connectivity index (χ0v) is 11.7. The molecule has 98 valence electrons. The zero-order valence-electron chi connectivity index (χ0n) is 10.1. The summed E-state index contributed by atoms with van der Waals surface area (Å²) in [7, 11) is 0. The Morgan fingerprint density at radius 2 is 1.95 bits per heavy atom. The summed E-state index contributed by atoms with van der Waals surface area (Å²) in [5, 5.41) is 3.82. The van der Waals surface area contributed by atoms with Gasteiger partial charge in [0.1, 0.15) is 12.4 Å². The molecular weight excluding hydrogens is 280 g/mol. The van der Waals surface area contributed by atoms with E-state index >= 15 is 0 Å². The van der Waals surface area contributed by atoms with Crippen LogP contribution < -0.4 is 15.8 Å². The predicted molar refractivity (Wildman–Crippen MR) is 82.6 cm³/mol. The lowest BCUT2D eigenvalue weighted by atomic mass is 10.2. The van der Waals surface area contributed by atoms with Gasteiger partial charge < -0.3 is 15.8 Å². The minimum atomic E-state index is 0.246. The first-order chi connectivity index (χ1) is 9.13. The number of ether oxygens (including phenoxy) is 1. The van der Waals surface area contributed by atoms with Crippen LogP contribution in [0, 0.1) is 0 Å². The van der Waals surface area contributed by atoms with Gasteiger partial charge in [0.05, 0.1) is 0 Å². The van der Waals surface area contributed by atoms with Crippen molar-refractivity contribution in [1.82, 2.24) is 0 Å². The second-order valence-corrected chi connectivity index (χ2v) is 4.81. The van der Waals surface area contributed by atoms with Crippen LogP contribution in [0.2, 0.25) is 5.02 Å². The van der Waals surface area contributed by atoms with Crippen molar-refractivity contribution in [3.05, 3.63) is 59.1 Å². The summed E-state index contributed by atoms with van der Waals surface area (Å²) in [6, 6.07) is 15.0. The molecule has 0 aliphatic heterocycles. The van der Waals surface area contributed by atoms with Gasteiger partial charge in [0.25, 0.3) is 0 Å². The third kappa shape index (κ3) is 4.43. The van der Waals surface area contributed by atoms with Crippen LogP contribution >= 0.6 is 23.8 Å². The van der Waals surface area contributed by atoms with E-state index in [-0.39, 0.29) is 5.11 Å². The van der Waals surface area contributed by atoms with Crippen molar-refractivity contribution < 1.29 is 4.74 Å². The van der Waals surface area contributed by atoms with Crippen LogP contribution in [-0.2, 0) is 6.61 Å². The van der Waals surface area contributed by atoms with Crippen molar-refractivity contribution in [2.24, 2.45) is 5.73 Å². The van der Waals surface area contributed by atoms with Gasteiger partial charge in [-0.2, -0.15) is 0 Å². The number of thiocarbonyl (C=S) groups is 1. The summed E-state index contributed by atoms with van der Waals surface area (Å²) < 4.78 is 5.66. The van der Waals surface area contributed by atoms with Gasteiger partial charge in [-0.25, -0.2) is 0 Å². The Balaban J connectivity index is 1.99. The van der Waals surface area contributed by atoms with Crippen molar-refractivity contribution >= 4 is 34.6 Å². The number of benzene rings is 2. The molecule has 0 fully saturated rings. The van der Waals surface area contributed by atoms with Gasteiger partial charge in [-0.15, -0.1) is 0 Å². The van der Waals surface area contributed by atoms with Crippen LogP contribution in [0.5, 0.6) is 5.75 Å². The Kier molecular flexibility index (Phi) is 4.60. The third-order valence-corrected chi connectivity index (χ3v) is 2.77. The molecule has 0 radical (unpaired) electrons. The Bertz CT molecular complexity index is 572. The van der Waals surface area contributed by atoms with Crippen molar-refractivity contribution in [2.45, 2.75) is 6.61 Å². The highest BCUT2D eigenvalue weighted by molar-refractivity contribution is 7.80. The van der Waals surface area contributed by atoms with Gasteiger partial charge in [-0.1, -0.05) is 23.7 Å². The molecule has 0 saturated carbocycles. The number of rotatable bonds is 4. The predicted octanol–water partition coefficient (Wildman–Crippen LogP) is 3.57. The Morgan fingerprint density at radius 1 is 1.21 bits per heavy atom. The molecule has 3 nitrogen and oxygen atoms in total. The van der Waals surface area contributed by atoms with E-state index in [2.05, 4.69) is 5.32 Å². The molecule has 0 spiro atoms. The minimum absolute atomic E-state index is 0.246. The van der Waals surface area contributed by atoms with Crippen LogP contribution in [0.4, 0.5) is 5.69 Å². The van der Waals surface area contributed by atoms with Crippen LogP contribution in [0.3, 0.4) is 0 Å². The van der Waals surface area contributed by atoms with Gasteiger partial charge in [0, 0.05) is 10.7 Å². The molecule has 0 heterocycles. The highest BCUT2D eigenvalue weighted by atomic mass is 35.5. The number of nitrogens with two attached hydrogens (primary N) is 1. The van der Waals surface area contributed by atoms with Gasteiger partial charge in [0.2, 0.25) is 0 Å². The quantitative estimate of drug-likeness (QED) is 0.846. The van der Waals surface area contributed by atoms with Gasteiger partial charge >= 0.3 is 0 Å². The second kappa shape index (κ2) is 6.41. The molecule has 0 amide bonds. The van der Waals surface area contributed by atoms with E-state index in [0.717, 1.165) is 17.0 Å². The summed E-state index contributed by atoms with van der Waals surface area (Å²) in [6.45, 7) is 0.467. The topological polar surface area (TPSA) is 47.3 Å². The number of halogens is 1. The summed E-state index contributed by atoms with van der Waals surface area (Å²) in [5.41, 5.74) is 7.31. The highest BCUT2D eigenvalue weighted by Gasteiger charge is 1.99. The fourth-order valence-corrected chi connectivity index (χ4v) is 1.82. The molecule has 0 bridgehead atoms. The monoisotopic (exact) mass is 292 g/mol. The van der Waals surface area contributed by atoms with Crippen LogP contribution in [0.25, 0.3) is 0 Å². The molecule has 0 aromatic heterocycles. The summed E-state index contributed by atoms with van der Waals surface area (Å²) in [6.07, 6.45) is 0. The molecule has 3 N–H and O–H groups in total. The molecule has 5 heteroatoms. The molecule has 2 aromatic rings. The van der Waals surface area contributed by atoms with Crippen molar-refractivity contribution in [3.63, 3.8) is 0 Å². The second-order valence-electron chi connectivity index (χ2n) is 3.93. The fraction of sp³-hybridized carbons (Fsp3) is 0.0714. The zero-order chi connectivity index (χ0) is 13.7. The molecule has 0 unspecified atom stereocenters. The molecule has 2 rings (SSSR count). The number of anilines is 1. The van der Waals surface area contributed by atoms with Crippen LogP contribution in [0.15, 0.2) is 48.5 Å². The summed E-state index contributed by atoms with van der Waals surface area (Å²) in [5.74, 6) is 0.775. The largest absolute Gasteiger partial charge is 0.489 e. The van der Waals surface area contributed by atoms with Crippen LogP contribution in [-0.4, -0.2) is 5.11 Å². The molecule has 0 saturated heterocycles. The standard InChI is InChI=1S/C14H13ClN2OS/c15-11-4-6-13(7-5-11)18-9-10-2-1-3-12(8-10)17-14(16)19/h1-8H,9H2,(H3,16,17,19). The maximum atomic E-state index is 5.81. The van der Waals surface area contributed by atoms with E-state index in [1.807, 2.05) is 36.4 Å². The number of hydrogen-bond acceptors (Lipinski definition) is 2. The van der Waals surface area contributed by atoms with E-state index in [4.69, 9.17) is 34.3 Å². The average Bonchev–Trinajstić information content (AvgIpc) is 2.38.